The van der Waals surface area contributed by atoms with E-state index >= 15 is 0 Å². The summed E-state index contributed by atoms with van der Waals surface area (Å²) in [4.78, 5) is 38.9. The second-order valence-electron chi connectivity index (χ2n) is 8.05. The van der Waals surface area contributed by atoms with Crippen LogP contribution in [0.4, 0.5) is 18.0 Å². The van der Waals surface area contributed by atoms with Gasteiger partial charge in [-0.05, 0) is 45.2 Å². The van der Waals surface area contributed by atoms with Crippen LogP contribution in [0.1, 0.15) is 40.7 Å². The van der Waals surface area contributed by atoms with Crippen molar-refractivity contribution in [3.05, 3.63) is 58.9 Å². The van der Waals surface area contributed by atoms with Crippen molar-refractivity contribution in [1.29, 1.82) is 0 Å². The summed E-state index contributed by atoms with van der Waals surface area (Å²) in [7, 11) is 0. The first-order valence-corrected chi connectivity index (χ1v) is 9.86. The summed E-state index contributed by atoms with van der Waals surface area (Å²) in [5.74, 6) is -1.11. The molecule has 1 fully saturated rings. The van der Waals surface area contributed by atoms with E-state index < -0.39 is 42.5 Å². The molecule has 6 nitrogen and oxygen atoms in total. The summed E-state index contributed by atoms with van der Waals surface area (Å²) < 4.78 is 39.4. The van der Waals surface area contributed by atoms with Gasteiger partial charge in [-0.2, -0.15) is 13.2 Å². The van der Waals surface area contributed by atoms with E-state index in [4.69, 9.17) is 0 Å². The average Bonchev–Trinajstić information content (AvgIpc) is 3.08. The Hall–Kier alpha value is -3.10. The van der Waals surface area contributed by atoms with Gasteiger partial charge in [-0.25, -0.2) is 4.79 Å². The Balaban J connectivity index is 1.72. The number of rotatable bonds is 7. The molecule has 1 saturated heterocycles. The van der Waals surface area contributed by atoms with Gasteiger partial charge >= 0.3 is 12.2 Å². The summed E-state index contributed by atoms with van der Waals surface area (Å²) in [5.41, 5.74) is 0.361. The minimum atomic E-state index is -4.43. The van der Waals surface area contributed by atoms with E-state index in [1.807, 2.05) is 30.3 Å². The number of carbonyl (C=O) groups is 3. The molecule has 1 aromatic carbocycles. The van der Waals surface area contributed by atoms with Gasteiger partial charge in [0.25, 0.3) is 5.91 Å². The Labute approximate surface area is 178 Å². The molecule has 31 heavy (non-hydrogen) atoms. The van der Waals surface area contributed by atoms with Crippen LogP contribution in [0.15, 0.2) is 36.4 Å². The quantitative estimate of drug-likeness (QED) is 0.531. The Morgan fingerprint density at radius 1 is 1.13 bits per heavy atom. The van der Waals surface area contributed by atoms with Crippen molar-refractivity contribution in [2.75, 3.05) is 6.54 Å². The van der Waals surface area contributed by atoms with Gasteiger partial charge in [0.05, 0.1) is 6.54 Å². The number of amides is 3. The third-order valence-corrected chi connectivity index (χ3v) is 5.61. The standard InChI is InChI=1S/C22H24F3N3O3/c1-14-11-17(15(2)28(14)13-22(23,24)25)18(29)12-27-19(30)21(3,26-20(27)31)10-9-16-7-5-4-6-8-16/h4-8,11H,9-10,12-13H2,1-3H3,(H,26,31)/t21-/m0/s1. The van der Waals surface area contributed by atoms with E-state index in [1.165, 1.54) is 19.9 Å². The SMILES string of the molecule is Cc1cc(C(=O)CN2C(=O)N[C@@](C)(CCc3ccccc3)C2=O)c(C)n1CC(F)(F)F. The number of nitrogens with one attached hydrogen (secondary N) is 1. The zero-order chi connectivity index (χ0) is 23.0. The Bertz CT molecular complexity index is 1010. The fourth-order valence-electron chi connectivity index (χ4n) is 3.83. The largest absolute Gasteiger partial charge is 0.406 e. The Morgan fingerprint density at radius 2 is 1.77 bits per heavy atom. The van der Waals surface area contributed by atoms with Crippen LogP contribution >= 0.6 is 0 Å². The van der Waals surface area contributed by atoms with Crippen molar-refractivity contribution in [2.45, 2.75) is 51.9 Å². The van der Waals surface area contributed by atoms with E-state index in [0.29, 0.717) is 12.8 Å². The number of Topliss-reactive ketones (excluding diaryl/α,β-unsaturated/α-hetero) is 1. The molecule has 3 rings (SSSR count). The molecule has 2 heterocycles. The van der Waals surface area contributed by atoms with Crippen LogP contribution in [0.25, 0.3) is 0 Å². The van der Waals surface area contributed by atoms with Gasteiger partial charge in [-0.3, -0.25) is 14.5 Å². The molecule has 2 aromatic rings. The number of ketones is 1. The number of aromatic nitrogens is 1. The predicted molar refractivity (Wildman–Crippen MR) is 108 cm³/mol. The van der Waals surface area contributed by atoms with E-state index in [2.05, 4.69) is 5.32 Å². The monoisotopic (exact) mass is 435 g/mol. The summed E-state index contributed by atoms with van der Waals surface area (Å²) in [5, 5.41) is 2.65. The van der Waals surface area contributed by atoms with Crippen LogP contribution in [0, 0.1) is 13.8 Å². The molecule has 0 aliphatic carbocycles. The zero-order valence-electron chi connectivity index (χ0n) is 17.5. The molecule has 9 heteroatoms. The first kappa shape index (κ1) is 22.6. The molecule has 1 aliphatic rings. The van der Waals surface area contributed by atoms with E-state index in [1.54, 1.807) is 6.92 Å². The number of urea groups is 1. The van der Waals surface area contributed by atoms with Gasteiger partial charge in [-0.15, -0.1) is 0 Å². The summed E-state index contributed by atoms with van der Waals surface area (Å²) in [6.45, 7) is 2.77. The maximum atomic E-state index is 12.9. The number of imide groups is 1. The summed E-state index contributed by atoms with van der Waals surface area (Å²) in [6, 6.07) is 10.2. The normalized spacial score (nSPS) is 19.1. The minimum absolute atomic E-state index is 0.0697. The molecule has 0 spiro atoms. The lowest BCUT2D eigenvalue weighted by Crippen LogP contribution is -2.44. The highest BCUT2D eigenvalue weighted by Gasteiger charge is 2.48. The molecule has 166 valence electrons. The van der Waals surface area contributed by atoms with Gasteiger partial charge in [0.15, 0.2) is 5.78 Å². The first-order valence-electron chi connectivity index (χ1n) is 9.86. The van der Waals surface area contributed by atoms with Crippen molar-refractivity contribution in [3.63, 3.8) is 0 Å². The maximum absolute atomic E-state index is 12.9. The molecule has 1 aliphatic heterocycles. The summed E-state index contributed by atoms with van der Waals surface area (Å²) >= 11 is 0. The van der Waals surface area contributed by atoms with Gasteiger partial charge in [0.1, 0.15) is 12.1 Å². The highest BCUT2D eigenvalue weighted by Crippen LogP contribution is 2.26. The summed E-state index contributed by atoms with van der Waals surface area (Å²) in [6.07, 6.45) is -3.52. The number of alkyl halides is 3. The lowest BCUT2D eigenvalue weighted by molar-refractivity contribution is -0.141. The molecule has 0 saturated carbocycles. The van der Waals surface area contributed by atoms with E-state index in [0.717, 1.165) is 15.0 Å². The maximum Gasteiger partial charge on any atom is 0.406 e. The number of benzene rings is 1. The number of nitrogens with zero attached hydrogens (tertiary/aromatic N) is 2. The predicted octanol–water partition coefficient (Wildman–Crippen LogP) is 3.79. The van der Waals surface area contributed by atoms with Crippen molar-refractivity contribution in [2.24, 2.45) is 0 Å². The fourth-order valence-corrected chi connectivity index (χ4v) is 3.83. The lowest BCUT2D eigenvalue weighted by atomic mass is 9.93. The second-order valence-corrected chi connectivity index (χ2v) is 8.05. The highest BCUT2D eigenvalue weighted by molar-refractivity contribution is 6.11. The van der Waals surface area contributed by atoms with Crippen LogP contribution in [0.3, 0.4) is 0 Å². The number of hydrogen-bond acceptors (Lipinski definition) is 3. The molecule has 0 bridgehead atoms. The fraction of sp³-hybridized carbons (Fsp3) is 0.409. The molecular formula is C22H24F3N3O3. The lowest BCUT2D eigenvalue weighted by Gasteiger charge is -2.21. The molecule has 1 atom stereocenters. The first-order chi connectivity index (χ1) is 14.4. The van der Waals surface area contributed by atoms with Crippen LogP contribution in [0.5, 0.6) is 0 Å². The molecule has 3 amide bonds. The molecule has 1 N–H and O–H groups in total. The highest BCUT2D eigenvalue weighted by atomic mass is 19.4. The third kappa shape index (κ3) is 4.81. The van der Waals surface area contributed by atoms with Gasteiger partial charge < -0.3 is 9.88 Å². The number of halogens is 3. The van der Waals surface area contributed by atoms with Crippen molar-refractivity contribution in [1.82, 2.24) is 14.8 Å². The number of hydrogen-bond donors (Lipinski definition) is 1. The molecular weight excluding hydrogens is 411 g/mol. The van der Waals surface area contributed by atoms with Crippen molar-refractivity contribution < 1.29 is 27.6 Å². The van der Waals surface area contributed by atoms with Gasteiger partial charge in [0.2, 0.25) is 0 Å². The Kier molecular flexibility index (Phi) is 5.98. The van der Waals surface area contributed by atoms with E-state index in [9.17, 15) is 27.6 Å². The number of carbonyl (C=O) groups excluding carboxylic acids is 3. The zero-order valence-corrected chi connectivity index (χ0v) is 17.5. The third-order valence-electron chi connectivity index (χ3n) is 5.61. The van der Waals surface area contributed by atoms with Gasteiger partial charge in [0, 0.05) is 17.0 Å². The van der Waals surface area contributed by atoms with Crippen molar-refractivity contribution in [3.8, 4) is 0 Å². The minimum Gasteiger partial charge on any atom is -0.339 e. The smallest absolute Gasteiger partial charge is 0.339 e. The van der Waals surface area contributed by atoms with Crippen molar-refractivity contribution >= 4 is 17.7 Å². The second kappa shape index (κ2) is 8.20. The molecule has 1 aromatic heterocycles. The van der Waals surface area contributed by atoms with E-state index in [-0.39, 0.29) is 17.0 Å². The van der Waals surface area contributed by atoms with Crippen LogP contribution in [-0.4, -0.2) is 45.4 Å². The average molecular weight is 435 g/mol. The van der Waals surface area contributed by atoms with Crippen LogP contribution < -0.4 is 5.32 Å². The molecule has 0 radical (unpaired) electrons. The number of aryl methyl sites for hydroxylation is 2. The Morgan fingerprint density at radius 3 is 2.39 bits per heavy atom. The topological polar surface area (TPSA) is 71.4 Å². The van der Waals surface area contributed by atoms with Gasteiger partial charge in [-0.1, -0.05) is 30.3 Å². The van der Waals surface area contributed by atoms with Crippen LogP contribution in [0.2, 0.25) is 0 Å². The van der Waals surface area contributed by atoms with Crippen LogP contribution in [-0.2, 0) is 17.8 Å². The molecule has 0 unspecified atom stereocenters.